The van der Waals surface area contributed by atoms with Gasteiger partial charge in [0.2, 0.25) is 5.91 Å². The molecule has 4 nitrogen and oxygen atoms in total. The van der Waals surface area contributed by atoms with Gasteiger partial charge in [-0.2, -0.15) is 13.2 Å². The number of hydrogen-bond acceptors (Lipinski definition) is 3. The Labute approximate surface area is 111 Å². The van der Waals surface area contributed by atoms with Crippen LogP contribution >= 0.6 is 0 Å². The predicted molar refractivity (Wildman–Crippen MR) is 66.8 cm³/mol. The van der Waals surface area contributed by atoms with Crippen molar-refractivity contribution in [1.82, 2.24) is 15.1 Å². The van der Waals surface area contributed by atoms with Crippen LogP contribution in [-0.4, -0.2) is 67.2 Å². The lowest BCUT2D eigenvalue weighted by Crippen LogP contribution is -2.47. The molecule has 0 bridgehead atoms. The van der Waals surface area contributed by atoms with E-state index in [1.54, 1.807) is 18.7 Å². The topological polar surface area (TPSA) is 35.6 Å². The lowest BCUT2D eigenvalue weighted by molar-refractivity contribution is -0.151. The maximum atomic E-state index is 12.4. The van der Waals surface area contributed by atoms with E-state index in [0.29, 0.717) is 13.1 Å². The van der Waals surface area contributed by atoms with Crippen LogP contribution in [0.5, 0.6) is 0 Å². The summed E-state index contributed by atoms with van der Waals surface area (Å²) in [7, 11) is 0. The van der Waals surface area contributed by atoms with Crippen LogP contribution in [0.2, 0.25) is 0 Å². The molecule has 1 amide bonds. The molecule has 0 unspecified atom stereocenters. The summed E-state index contributed by atoms with van der Waals surface area (Å²) in [6, 6.07) is -0.225. The van der Waals surface area contributed by atoms with E-state index >= 15 is 0 Å². The number of amides is 1. The quantitative estimate of drug-likeness (QED) is 0.819. The second-order valence-corrected chi connectivity index (χ2v) is 5.06. The standard InChI is InChI=1S/C12H22F3N3O/c1-10(2)18(9-12(13,14)15)6-3-11(19)17-7-4-16-5-8-17/h10,16H,3-9H2,1-2H3. The fourth-order valence-electron chi connectivity index (χ4n) is 2.06. The summed E-state index contributed by atoms with van der Waals surface area (Å²) in [4.78, 5) is 14.9. The highest BCUT2D eigenvalue weighted by Crippen LogP contribution is 2.18. The highest BCUT2D eigenvalue weighted by atomic mass is 19.4. The van der Waals surface area contributed by atoms with Gasteiger partial charge in [-0.3, -0.25) is 9.69 Å². The lowest BCUT2D eigenvalue weighted by Gasteiger charge is -2.30. The molecule has 0 aromatic rings. The Morgan fingerprint density at radius 1 is 1.32 bits per heavy atom. The van der Waals surface area contributed by atoms with E-state index in [0.717, 1.165) is 13.1 Å². The van der Waals surface area contributed by atoms with Crippen molar-refractivity contribution in [3.05, 3.63) is 0 Å². The number of nitrogens with zero attached hydrogens (tertiary/aromatic N) is 2. The van der Waals surface area contributed by atoms with Crippen LogP contribution in [0.4, 0.5) is 13.2 Å². The molecule has 1 N–H and O–H groups in total. The van der Waals surface area contributed by atoms with Crippen molar-refractivity contribution in [1.29, 1.82) is 0 Å². The molecule has 19 heavy (non-hydrogen) atoms. The van der Waals surface area contributed by atoms with Crippen molar-refractivity contribution in [2.75, 3.05) is 39.3 Å². The monoisotopic (exact) mass is 281 g/mol. The number of carbonyl (C=O) groups is 1. The van der Waals surface area contributed by atoms with Gasteiger partial charge in [0.25, 0.3) is 0 Å². The van der Waals surface area contributed by atoms with Gasteiger partial charge in [-0.15, -0.1) is 0 Å². The van der Waals surface area contributed by atoms with Crippen LogP contribution in [-0.2, 0) is 4.79 Å². The molecule has 0 aromatic carbocycles. The SMILES string of the molecule is CC(C)N(CCC(=O)N1CCNCC1)CC(F)(F)F. The van der Waals surface area contributed by atoms with E-state index in [-0.39, 0.29) is 24.9 Å². The molecule has 112 valence electrons. The van der Waals surface area contributed by atoms with Gasteiger partial charge in [0.1, 0.15) is 0 Å². The largest absolute Gasteiger partial charge is 0.401 e. The molecule has 0 aliphatic carbocycles. The van der Waals surface area contributed by atoms with E-state index < -0.39 is 12.7 Å². The molecule has 0 spiro atoms. The first-order chi connectivity index (χ1) is 8.79. The molecule has 7 heteroatoms. The maximum absolute atomic E-state index is 12.4. The maximum Gasteiger partial charge on any atom is 0.401 e. The van der Waals surface area contributed by atoms with Crippen LogP contribution in [0.25, 0.3) is 0 Å². The van der Waals surface area contributed by atoms with Gasteiger partial charge in [0.05, 0.1) is 6.54 Å². The third-order valence-electron chi connectivity index (χ3n) is 3.20. The minimum Gasteiger partial charge on any atom is -0.340 e. The van der Waals surface area contributed by atoms with Crippen molar-refractivity contribution in [3.63, 3.8) is 0 Å². The molecule has 1 aliphatic heterocycles. The first-order valence-electron chi connectivity index (χ1n) is 6.59. The summed E-state index contributed by atoms with van der Waals surface area (Å²) in [5.41, 5.74) is 0. The van der Waals surface area contributed by atoms with Crippen molar-refractivity contribution in [2.24, 2.45) is 0 Å². The highest BCUT2D eigenvalue weighted by Gasteiger charge is 2.32. The van der Waals surface area contributed by atoms with E-state index in [4.69, 9.17) is 0 Å². The highest BCUT2D eigenvalue weighted by molar-refractivity contribution is 5.76. The number of piperazine rings is 1. The average molecular weight is 281 g/mol. The molecule has 0 radical (unpaired) electrons. The molecule has 1 saturated heterocycles. The van der Waals surface area contributed by atoms with Crippen molar-refractivity contribution in [2.45, 2.75) is 32.5 Å². The Morgan fingerprint density at radius 2 is 1.89 bits per heavy atom. The van der Waals surface area contributed by atoms with Gasteiger partial charge in [-0.05, 0) is 13.8 Å². The van der Waals surface area contributed by atoms with Crippen molar-refractivity contribution in [3.8, 4) is 0 Å². The zero-order chi connectivity index (χ0) is 14.5. The summed E-state index contributed by atoms with van der Waals surface area (Å²) in [6.07, 6.45) is -4.07. The zero-order valence-electron chi connectivity index (χ0n) is 11.5. The number of alkyl halides is 3. The number of rotatable bonds is 5. The van der Waals surface area contributed by atoms with Crippen LogP contribution in [0, 0.1) is 0 Å². The fraction of sp³-hybridized carbons (Fsp3) is 0.917. The summed E-state index contributed by atoms with van der Waals surface area (Å²) >= 11 is 0. The molecule has 1 fully saturated rings. The summed E-state index contributed by atoms with van der Waals surface area (Å²) < 4.78 is 37.2. The molecule has 1 heterocycles. The molecule has 0 aromatic heterocycles. The van der Waals surface area contributed by atoms with Crippen molar-refractivity contribution < 1.29 is 18.0 Å². The van der Waals surface area contributed by atoms with Crippen LogP contribution < -0.4 is 5.32 Å². The van der Waals surface area contributed by atoms with E-state index in [1.807, 2.05) is 0 Å². The smallest absolute Gasteiger partial charge is 0.340 e. The second-order valence-electron chi connectivity index (χ2n) is 5.06. The molecule has 0 atom stereocenters. The summed E-state index contributed by atoms with van der Waals surface area (Å²) in [6.45, 7) is 5.39. The predicted octanol–water partition coefficient (Wildman–Crippen LogP) is 1.08. The van der Waals surface area contributed by atoms with E-state index in [1.165, 1.54) is 4.90 Å². The molecular weight excluding hydrogens is 259 g/mol. The Bertz CT molecular complexity index is 288. The summed E-state index contributed by atoms with van der Waals surface area (Å²) in [5.74, 6) is -0.0608. The Hall–Kier alpha value is -0.820. The minimum absolute atomic E-state index is 0.0608. The Balaban J connectivity index is 2.40. The van der Waals surface area contributed by atoms with E-state index in [9.17, 15) is 18.0 Å². The lowest BCUT2D eigenvalue weighted by atomic mass is 10.2. The van der Waals surface area contributed by atoms with Gasteiger partial charge in [-0.25, -0.2) is 0 Å². The molecule has 1 aliphatic rings. The molecule has 1 rings (SSSR count). The number of hydrogen-bond donors (Lipinski definition) is 1. The normalized spacial score (nSPS) is 17.3. The Morgan fingerprint density at radius 3 is 2.37 bits per heavy atom. The van der Waals surface area contributed by atoms with Crippen molar-refractivity contribution >= 4 is 5.91 Å². The van der Waals surface area contributed by atoms with Gasteiger partial charge in [0, 0.05) is 45.2 Å². The average Bonchev–Trinajstić information content (AvgIpc) is 2.33. The van der Waals surface area contributed by atoms with Crippen LogP contribution in [0.1, 0.15) is 20.3 Å². The zero-order valence-corrected chi connectivity index (χ0v) is 11.5. The Kier molecular flexibility index (Phi) is 6.06. The number of nitrogens with one attached hydrogen (secondary N) is 1. The third kappa shape index (κ3) is 6.24. The van der Waals surface area contributed by atoms with Crippen LogP contribution in [0.15, 0.2) is 0 Å². The molecular formula is C12H22F3N3O. The van der Waals surface area contributed by atoms with Crippen LogP contribution in [0.3, 0.4) is 0 Å². The van der Waals surface area contributed by atoms with Gasteiger partial charge in [0.15, 0.2) is 0 Å². The number of carbonyl (C=O) groups excluding carboxylic acids is 1. The van der Waals surface area contributed by atoms with E-state index in [2.05, 4.69) is 5.32 Å². The van der Waals surface area contributed by atoms with Gasteiger partial charge < -0.3 is 10.2 Å². The first-order valence-corrected chi connectivity index (χ1v) is 6.59. The fourth-order valence-corrected chi connectivity index (χ4v) is 2.06. The van der Waals surface area contributed by atoms with Gasteiger partial charge >= 0.3 is 6.18 Å². The summed E-state index contributed by atoms with van der Waals surface area (Å²) in [5, 5.41) is 3.13. The van der Waals surface area contributed by atoms with Gasteiger partial charge in [-0.1, -0.05) is 0 Å². The minimum atomic E-state index is -4.22. The first kappa shape index (κ1) is 16.2. The second kappa shape index (κ2) is 7.09. The third-order valence-corrected chi connectivity index (χ3v) is 3.20. The molecule has 0 saturated carbocycles. The number of halogens is 3.